The van der Waals surface area contributed by atoms with Crippen LogP contribution in [0.5, 0.6) is 0 Å². The molecule has 2 heterocycles. The van der Waals surface area contributed by atoms with Gasteiger partial charge in [-0.15, -0.1) is 11.3 Å². The van der Waals surface area contributed by atoms with Crippen LogP contribution in [0.3, 0.4) is 0 Å². The predicted octanol–water partition coefficient (Wildman–Crippen LogP) is 15.2. The first-order chi connectivity index (χ1) is 29.2. The van der Waals surface area contributed by atoms with Gasteiger partial charge in [-0.05, 0) is 89.6 Å². The van der Waals surface area contributed by atoms with E-state index in [1.807, 2.05) is 0 Å². The van der Waals surface area contributed by atoms with Crippen molar-refractivity contribution in [3.05, 3.63) is 200 Å². The molecule has 0 aliphatic carbocycles. The molecule has 0 unspecified atom stereocenters. The Morgan fingerprint density at radius 1 is 0.288 bits per heavy atom. The average molecular weight is 768 g/mol. The monoisotopic (exact) mass is 767 g/mol. The summed E-state index contributed by atoms with van der Waals surface area (Å²) >= 11 is 1.79. The van der Waals surface area contributed by atoms with E-state index in [1.165, 1.54) is 52.5 Å². The van der Waals surface area contributed by atoms with Crippen molar-refractivity contribution in [2.45, 2.75) is 0 Å². The van der Waals surface area contributed by atoms with E-state index in [0.29, 0.717) is 17.5 Å². The first kappa shape index (κ1) is 33.6. The molecule has 10 aromatic carbocycles. The van der Waals surface area contributed by atoms with Crippen LogP contribution < -0.4 is 0 Å². The van der Waals surface area contributed by atoms with Crippen LogP contribution >= 0.6 is 11.3 Å². The van der Waals surface area contributed by atoms with E-state index in [4.69, 9.17) is 15.0 Å². The fourth-order valence-electron chi connectivity index (χ4n) is 8.95. The Hall–Kier alpha value is -7.53. The summed E-state index contributed by atoms with van der Waals surface area (Å²) in [6.07, 6.45) is 0. The van der Waals surface area contributed by atoms with Crippen molar-refractivity contribution >= 4 is 74.6 Å². The smallest absolute Gasteiger partial charge is 0.165 e. The molecule has 59 heavy (non-hydrogen) atoms. The van der Waals surface area contributed by atoms with Gasteiger partial charge >= 0.3 is 0 Å². The van der Waals surface area contributed by atoms with E-state index in [2.05, 4.69) is 200 Å². The Labute approximate surface area is 344 Å². The molecule has 0 saturated heterocycles. The topological polar surface area (TPSA) is 38.7 Å². The summed E-state index contributed by atoms with van der Waals surface area (Å²) in [7, 11) is 0. The van der Waals surface area contributed by atoms with Gasteiger partial charge in [-0.2, -0.15) is 0 Å². The van der Waals surface area contributed by atoms with E-state index in [0.717, 1.165) is 49.7 Å². The zero-order chi connectivity index (χ0) is 38.9. The van der Waals surface area contributed by atoms with E-state index >= 15 is 0 Å². The van der Waals surface area contributed by atoms with E-state index < -0.39 is 0 Å². The lowest BCUT2D eigenvalue weighted by molar-refractivity contribution is 1.08. The highest BCUT2D eigenvalue weighted by molar-refractivity contribution is 7.26. The molecule has 12 aromatic rings. The molecule has 0 saturated carbocycles. The van der Waals surface area contributed by atoms with E-state index in [9.17, 15) is 0 Å². The minimum atomic E-state index is 0.633. The molecule has 0 N–H and O–H groups in total. The van der Waals surface area contributed by atoms with Crippen molar-refractivity contribution in [3.63, 3.8) is 0 Å². The maximum absolute atomic E-state index is 5.53. The van der Waals surface area contributed by atoms with Gasteiger partial charge in [0.15, 0.2) is 17.5 Å². The van der Waals surface area contributed by atoms with Gasteiger partial charge in [0.2, 0.25) is 0 Å². The number of thiophene rings is 1. The molecule has 2 aromatic heterocycles. The molecular formula is C55H33N3S. The summed E-state index contributed by atoms with van der Waals surface area (Å²) < 4.78 is 2.41. The van der Waals surface area contributed by atoms with Gasteiger partial charge in [0.1, 0.15) is 0 Å². The van der Waals surface area contributed by atoms with Gasteiger partial charge in [-0.25, -0.2) is 15.0 Å². The third kappa shape index (κ3) is 5.53. The molecule has 274 valence electrons. The molecule has 0 aliphatic heterocycles. The van der Waals surface area contributed by atoms with Gasteiger partial charge in [0, 0.05) is 36.9 Å². The minimum Gasteiger partial charge on any atom is -0.208 e. The van der Waals surface area contributed by atoms with Crippen molar-refractivity contribution in [1.29, 1.82) is 0 Å². The summed E-state index contributed by atoms with van der Waals surface area (Å²) in [5, 5.41) is 11.9. The summed E-state index contributed by atoms with van der Waals surface area (Å²) in [4.78, 5) is 16.5. The Bertz CT molecular complexity index is 3640. The van der Waals surface area contributed by atoms with Crippen molar-refractivity contribution in [2.75, 3.05) is 0 Å². The van der Waals surface area contributed by atoms with Crippen LogP contribution in [0.15, 0.2) is 200 Å². The van der Waals surface area contributed by atoms with Crippen molar-refractivity contribution in [3.8, 4) is 56.4 Å². The van der Waals surface area contributed by atoms with Crippen LogP contribution in [-0.2, 0) is 0 Å². The zero-order valence-corrected chi connectivity index (χ0v) is 32.6. The molecule has 4 heteroatoms. The fraction of sp³-hybridized carbons (Fsp3) is 0. The summed E-state index contributed by atoms with van der Waals surface area (Å²) in [6, 6.07) is 71.7. The number of hydrogen-bond acceptors (Lipinski definition) is 4. The highest BCUT2D eigenvalue weighted by Gasteiger charge is 2.23. The largest absolute Gasteiger partial charge is 0.208 e. The number of nitrogens with zero attached hydrogens (tertiary/aromatic N) is 3. The minimum absolute atomic E-state index is 0.633. The normalized spacial score (nSPS) is 11.7. The Kier molecular flexibility index (Phi) is 7.72. The number of benzene rings is 10. The summed E-state index contributed by atoms with van der Waals surface area (Å²) in [5.74, 6) is 1.92. The SMILES string of the molecule is c1ccc(-c2nc(-c3c(-c4cc5ccccc5c5ccccc45)ccc4ccccc34)nc(-c3cccc4c3sc3ccccc34)n2)c(-c2ccc3ccccc3c2)c1. The number of hydrogen-bond donors (Lipinski definition) is 0. The standard InChI is InChI=1S/C55H33N3S/c1-2-16-36-32-38(29-28-34(36)14-1)40-19-7-10-24-47(40)53-56-54(48-26-13-25-46-44-23-11-12-27-50(44)59-52(46)48)58-55(57-53)51-41-20-6-3-15-35(41)30-31-45(51)49-33-37-17-4-5-18-39(37)42-21-8-9-22-43(42)49/h1-33H. The first-order valence-electron chi connectivity index (χ1n) is 19.9. The highest BCUT2D eigenvalue weighted by Crippen LogP contribution is 2.44. The van der Waals surface area contributed by atoms with Gasteiger partial charge in [0.25, 0.3) is 0 Å². The lowest BCUT2D eigenvalue weighted by Crippen LogP contribution is -2.03. The Morgan fingerprint density at radius 3 is 1.71 bits per heavy atom. The van der Waals surface area contributed by atoms with Gasteiger partial charge in [-0.3, -0.25) is 0 Å². The average Bonchev–Trinajstić information content (AvgIpc) is 3.70. The van der Waals surface area contributed by atoms with Crippen molar-refractivity contribution in [1.82, 2.24) is 15.0 Å². The zero-order valence-electron chi connectivity index (χ0n) is 31.8. The molecule has 0 aliphatic rings. The van der Waals surface area contributed by atoms with Crippen LogP contribution in [-0.4, -0.2) is 15.0 Å². The van der Waals surface area contributed by atoms with Gasteiger partial charge in [0.05, 0.1) is 0 Å². The highest BCUT2D eigenvalue weighted by atomic mass is 32.1. The molecule has 0 atom stereocenters. The van der Waals surface area contributed by atoms with E-state index in [-0.39, 0.29) is 0 Å². The van der Waals surface area contributed by atoms with E-state index in [1.54, 1.807) is 11.3 Å². The third-order valence-corrected chi connectivity index (χ3v) is 12.9. The summed E-state index contributed by atoms with van der Waals surface area (Å²) in [6.45, 7) is 0. The maximum atomic E-state index is 5.53. The predicted molar refractivity (Wildman–Crippen MR) is 250 cm³/mol. The lowest BCUT2D eigenvalue weighted by atomic mass is 9.88. The third-order valence-electron chi connectivity index (χ3n) is 11.7. The van der Waals surface area contributed by atoms with Crippen LogP contribution in [0.1, 0.15) is 0 Å². The number of fused-ring (bicyclic) bond motifs is 8. The van der Waals surface area contributed by atoms with Crippen molar-refractivity contribution < 1.29 is 0 Å². The molecule has 3 nitrogen and oxygen atoms in total. The van der Waals surface area contributed by atoms with Crippen LogP contribution in [0.4, 0.5) is 0 Å². The Morgan fingerprint density at radius 2 is 0.864 bits per heavy atom. The second-order valence-corrected chi connectivity index (χ2v) is 16.1. The first-order valence-corrected chi connectivity index (χ1v) is 20.8. The van der Waals surface area contributed by atoms with Crippen molar-refractivity contribution in [2.24, 2.45) is 0 Å². The number of rotatable bonds is 5. The molecule has 12 rings (SSSR count). The summed E-state index contributed by atoms with van der Waals surface area (Å²) in [5.41, 5.74) is 7.34. The molecule has 0 bridgehead atoms. The molecule has 0 amide bonds. The molecule has 0 spiro atoms. The molecular weight excluding hydrogens is 735 g/mol. The second-order valence-electron chi connectivity index (χ2n) is 15.1. The van der Waals surface area contributed by atoms with Gasteiger partial charge in [-0.1, -0.05) is 176 Å². The molecule has 0 fully saturated rings. The van der Waals surface area contributed by atoms with Crippen LogP contribution in [0, 0.1) is 0 Å². The lowest BCUT2D eigenvalue weighted by Gasteiger charge is -2.18. The fourth-order valence-corrected chi connectivity index (χ4v) is 10.2. The quantitative estimate of drug-likeness (QED) is 0.164. The van der Waals surface area contributed by atoms with Gasteiger partial charge < -0.3 is 0 Å². The molecule has 0 radical (unpaired) electrons. The van der Waals surface area contributed by atoms with Crippen LogP contribution in [0.25, 0.3) is 120 Å². The number of aromatic nitrogens is 3. The maximum Gasteiger partial charge on any atom is 0.165 e. The van der Waals surface area contributed by atoms with Crippen LogP contribution in [0.2, 0.25) is 0 Å². The Balaban J connectivity index is 1.18. The second kappa shape index (κ2) is 13.6.